The molecule has 0 radical (unpaired) electrons. The lowest BCUT2D eigenvalue weighted by molar-refractivity contribution is -0.136. The van der Waals surface area contributed by atoms with Gasteiger partial charge in [-0.15, -0.1) is 0 Å². The van der Waals surface area contributed by atoms with Gasteiger partial charge in [0.15, 0.2) is 0 Å². The highest BCUT2D eigenvalue weighted by Gasteiger charge is 2.33. The zero-order valence-corrected chi connectivity index (χ0v) is 13.7. The van der Waals surface area contributed by atoms with Gasteiger partial charge in [-0.3, -0.25) is 9.59 Å². The Kier molecular flexibility index (Phi) is 4.66. The van der Waals surface area contributed by atoms with E-state index in [0.29, 0.717) is 18.7 Å². The molecule has 2 amide bonds. The fraction of sp³-hybridized carbons (Fsp3) is 0.438. The van der Waals surface area contributed by atoms with Crippen LogP contribution in [0, 0.1) is 0 Å². The summed E-state index contributed by atoms with van der Waals surface area (Å²) in [6.07, 6.45) is 6.36. The minimum absolute atomic E-state index is 0.124. The van der Waals surface area contributed by atoms with E-state index in [1.54, 1.807) is 24.1 Å². The summed E-state index contributed by atoms with van der Waals surface area (Å²) >= 11 is 0. The average molecular weight is 331 g/mol. The van der Waals surface area contributed by atoms with Crippen LogP contribution in [0.1, 0.15) is 29.1 Å². The minimum Gasteiger partial charge on any atom is -0.472 e. The molecule has 1 aliphatic rings. The Morgan fingerprint density at radius 3 is 3.00 bits per heavy atom. The SMILES string of the molecule is CC(NC(=O)c1ccoc1)C(=O)N1CCNCC1c1nccn1C. The Labute approximate surface area is 139 Å². The number of carbonyl (C=O) groups is 2. The molecule has 24 heavy (non-hydrogen) atoms. The van der Waals surface area contributed by atoms with Crippen LogP contribution < -0.4 is 10.6 Å². The molecule has 2 unspecified atom stereocenters. The number of carbonyl (C=O) groups excluding carboxylic acids is 2. The van der Waals surface area contributed by atoms with E-state index in [-0.39, 0.29) is 17.9 Å². The molecule has 0 aliphatic carbocycles. The lowest BCUT2D eigenvalue weighted by Crippen LogP contribution is -2.54. The Balaban J connectivity index is 1.72. The van der Waals surface area contributed by atoms with Crippen LogP contribution in [0.2, 0.25) is 0 Å². The molecule has 2 atom stereocenters. The van der Waals surface area contributed by atoms with Crippen molar-refractivity contribution in [3.8, 4) is 0 Å². The third kappa shape index (κ3) is 3.18. The summed E-state index contributed by atoms with van der Waals surface area (Å²) in [6.45, 7) is 3.62. The van der Waals surface area contributed by atoms with Crippen LogP contribution in [0.5, 0.6) is 0 Å². The largest absolute Gasteiger partial charge is 0.472 e. The maximum Gasteiger partial charge on any atom is 0.255 e. The number of amides is 2. The van der Waals surface area contributed by atoms with E-state index in [2.05, 4.69) is 15.6 Å². The monoisotopic (exact) mass is 331 g/mol. The fourth-order valence-electron chi connectivity index (χ4n) is 2.88. The van der Waals surface area contributed by atoms with Crippen molar-refractivity contribution in [2.75, 3.05) is 19.6 Å². The predicted octanol–water partition coefficient (Wildman–Crippen LogP) is 0.305. The number of aryl methyl sites for hydroxylation is 1. The van der Waals surface area contributed by atoms with Gasteiger partial charge in [-0.25, -0.2) is 4.98 Å². The summed E-state index contributed by atoms with van der Waals surface area (Å²) in [5.41, 5.74) is 0.399. The van der Waals surface area contributed by atoms with E-state index in [4.69, 9.17) is 4.42 Å². The lowest BCUT2D eigenvalue weighted by atomic mass is 10.1. The van der Waals surface area contributed by atoms with Crippen molar-refractivity contribution in [1.82, 2.24) is 25.1 Å². The van der Waals surface area contributed by atoms with Crippen molar-refractivity contribution in [2.24, 2.45) is 7.05 Å². The molecule has 3 rings (SSSR count). The molecule has 3 heterocycles. The van der Waals surface area contributed by atoms with Crippen molar-refractivity contribution >= 4 is 11.8 Å². The molecule has 0 aromatic carbocycles. The quantitative estimate of drug-likeness (QED) is 0.841. The third-order valence-corrected chi connectivity index (χ3v) is 4.18. The summed E-state index contributed by atoms with van der Waals surface area (Å²) in [5, 5.41) is 6.01. The Morgan fingerprint density at radius 1 is 1.50 bits per heavy atom. The number of furan rings is 1. The van der Waals surface area contributed by atoms with E-state index in [0.717, 1.165) is 12.4 Å². The number of piperazine rings is 1. The Bertz CT molecular complexity index is 709. The van der Waals surface area contributed by atoms with Gasteiger partial charge in [-0.1, -0.05) is 0 Å². The van der Waals surface area contributed by atoms with Crippen molar-refractivity contribution < 1.29 is 14.0 Å². The molecule has 0 saturated carbocycles. The van der Waals surface area contributed by atoms with Gasteiger partial charge in [-0.2, -0.15) is 0 Å². The van der Waals surface area contributed by atoms with Gasteiger partial charge in [0, 0.05) is 39.1 Å². The van der Waals surface area contributed by atoms with E-state index in [1.165, 1.54) is 12.5 Å². The highest BCUT2D eigenvalue weighted by Crippen LogP contribution is 2.21. The van der Waals surface area contributed by atoms with Crippen molar-refractivity contribution in [3.05, 3.63) is 42.4 Å². The summed E-state index contributed by atoms with van der Waals surface area (Å²) < 4.78 is 6.81. The van der Waals surface area contributed by atoms with E-state index < -0.39 is 6.04 Å². The average Bonchev–Trinajstić information content (AvgIpc) is 3.25. The number of nitrogens with one attached hydrogen (secondary N) is 2. The van der Waals surface area contributed by atoms with Gasteiger partial charge in [0.2, 0.25) is 5.91 Å². The van der Waals surface area contributed by atoms with Crippen LogP contribution in [0.3, 0.4) is 0 Å². The molecule has 1 saturated heterocycles. The topological polar surface area (TPSA) is 92.4 Å². The van der Waals surface area contributed by atoms with Gasteiger partial charge in [-0.05, 0) is 13.0 Å². The van der Waals surface area contributed by atoms with Crippen molar-refractivity contribution in [2.45, 2.75) is 19.0 Å². The molecule has 0 bridgehead atoms. The van der Waals surface area contributed by atoms with Crippen molar-refractivity contribution in [1.29, 1.82) is 0 Å². The molecule has 2 aromatic heterocycles. The molecule has 0 spiro atoms. The summed E-state index contributed by atoms with van der Waals surface area (Å²) in [5.74, 6) is 0.374. The number of nitrogens with zero attached hydrogens (tertiary/aromatic N) is 3. The molecule has 1 fully saturated rings. The summed E-state index contributed by atoms with van der Waals surface area (Å²) in [4.78, 5) is 31.1. The van der Waals surface area contributed by atoms with Crippen molar-refractivity contribution in [3.63, 3.8) is 0 Å². The maximum absolute atomic E-state index is 12.8. The molecule has 1 aliphatic heterocycles. The predicted molar refractivity (Wildman–Crippen MR) is 86.2 cm³/mol. The number of rotatable bonds is 4. The molecule has 2 N–H and O–H groups in total. The normalized spacial score (nSPS) is 19.1. The molecular formula is C16H21N5O3. The highest BCUT2D eigenvalue weighted by molar-refractivity contribution is 5.97. The van der Waals surface area contributed by atoms with E-state index >= 15 is 0 Å². The maximum atomic E-state index is 12.8. The van der Waals surface area contributed by atoms with E-state index in [9.17, 15) is 9.59 Å². The zero-order chi connectivity index (χ0) is 17.1. The zero-order valence-electron chi connectivity index (χ0n) is 13.7. The second kappa shape index (κ2) is 6.88. The Hall–Kier alpha value is -2.61. The third-order valence-electron chi connectivity index (χ3n) is 4.18. The number of imidazole rings is 1. The Morgan fingerprint density at radius 2 is 2.33 bits per heavy atom. The molecular weight excluding hydrogens is 310 g/mol. The summed E-state index contributed by atoms with van der Waals surface area (Å²) in [7, 11) is 1.91. The first-order valence-electron chi connectivity index (χ1n) is 7.89. The molecule has 8 heteroatoms. The van der Waals surface area contributed by atoms with Gasteiger partial charge in [0.05, 0.1) is 11.8 Å². The number of hydrogen-bond acceptors (Lipinski definition) is 5. The highest BCUT2D eigenvalue weighted by atomic mass is 16.3. The smallest absolute Gasteiger partial charge is 0.255 e. The van der Waals surface area contributed by atoms with Gasteiger partial charge >= 0.3 is 0 Å². The fourth-order valence-corrected chi connectivity index (χ4v) is 2.88. The van der Waals surface area contributed by atoms with Gasteiger partial charge in [0.25, 0.3) is 5.91 Å². The molecule has 2 aromatic rings. The molecule has 8 nitrogen and oxygen atoms in total. The van der Waals surface area contributed by atoms with E-state index in [1.807, 2.05) is 17.8 Å². The minimum atomic E-state index is -0.631. The second-order valence-electron chi connectivity index (χ2n) is 5.86. The van der Waals surface area contributed by atoms with Crippen LogP contribution in [-0.2, 0) is 11.8 Å². The standard InChI is InChI=1S/C16H21N5O3/c1-11(19-15(22)12-3-8-24-10-12)16(23)21-7-4-17-9-13(21)14-18-5-6-20(14)2/h3,5-6,8,10-11,13,17H,4,7,9H2,1-2H3,(H,19,22). The van der Waals surface area contributed by atoms with Crippen LogP contribution in [0.4, 0.5) is 0 Å². The van der Waals surface area contributed by atoms with Crippen LogP contribution in [-0.4, -0.2) is 51.9 Å². The lowest BCUT2D eigenvalue weighted by Gasteiger charge is -2.37. The first-order valence-corrected chi connectivity index (χ1v) is 7.89. The summed E-state index contributed by atoms with van der Waals surface area (Å²) in [6, 6.07) is 0.779. The number of aromatic nitrogens is 2. The van der Waals surface area contributed by atoms with Crippen LogP contribution in [0.25, 0.3) is 0 Å². The van der Waals surface area contributed by atoms with Crippen LogP contribution in [0.15, 0.2) is 35.4 Å². The first kappa shape index (κ1) is 16.3. The van der Waals surface area contributed by atoms with Gasteiger partial charge in [0.1, 0.15) is 24.2 Å². The number of hydrogen-bond donors (Lipinski definition) is 2. The van der Waals surface area contributed by atoms with Gasteiger partial charge < -0.3 is 24.5 Å². The molecule has 128 valence electrons. The first-order chi connectivity index (χ1) is 11.6. The van der Waals surface area contributed by atoms with Crippen LogP contribution >= 0.6 is 0 Å². The second-order valence-corrected chi connectivity index (χ2v) is 5.86.